The lowest BCUT2D eigenvalue weighted by Gasteiger charge is -2.47. The van der Waals surface area contributed by atoms with Crippen molar-refractivity contribution in [3.63, 3.8) is 0 Å². The molecule has 0 aromatic heterocycles. The van der Waals surface area contributed by atoms with Gasteiger partial charge in [-0.25, -0.2) is 0 Å². The van der Waals surface area contributed by atoms with Crippen LogP contribution < -0.4 is 0 Å². The molecule has 2 atom stereocenters. The molecule has 0 amide bonds. The first-order chi connectivity index (χ1) is 7.55. The van der Waals surface area contributed by atoms with Crippen LogP contribution in [-0.4, -0.2) is 38.6 Å². The summed E-state index contributed by atoms with van der Waals surface area (Å²) in [6.45, 7) is 12.4. The van der Waals surface area contributed by atoms with Gasteiger partial charge in [0.25, 0.3) is 0 Å². The molecule has 0 unspecified atom stereocenters. The Morgan fingerprint density at radius 3 is 1.88 bits per heavy atom. The Hall–Kier alpha value is 0.0969. The number of nitrogens with zero attached hydrogens (tertiary/aromatic N) is 1. The van der Waals surface area contributed by atoms with E-state index in [1.165, 1.54) is 19.3 Å². The summed E-state index contributed by atoms with van der Waals surface area (Å²) in [6.07, 6.45) is 3.88. The summed E-state index contributed by atoms with van der Waals surface area (Å²) in [6, 6.07) is 1.19. The van der Waals surface area contributed by atoms with Crippen LogP contribution in [-0.2, 0) is 8.85 Å². The van der Waals surface area contributed by atoms with Crippen molar-refractivity contribution in [2.24, 2.45) is 0 Å². The average molecular weight is 245 g/mol. The summed E-state index contributed by atoms with van der Waals surface area (Å²) in [5.74, 6) is 0. The second-order valence-electron chi connectivity index (χ2n) is 4.80. The van der Waals surface area contributed by atoms with E-state index in [9.17, 15) is 0 Å². The largest absolute Gasteiger partial charge is 0.424 e. The van der Waals surface area contributed by atoms with Crippen molar-refractivity contribution in [2.45, 2.75) is 65.6 Å². The summed E-state index contributed by atoms with van der Waals surface area (Å²) < 4.78 is 14.5. The Labute approximate surface area is 101 Å². The molecule has 0 aliphatic carbocycles. The van der Waals surface area contributed by atoms with Gasteiger partial charge in [-0.05, 0) is 47.1 Å². The van der Waals surface area contributed by atoms with Crippen molar-refractivity contribution >= 4 is 8.72 Å². The van der Waals surface area contributed by atoms with Gasteiger partial charge >= 0.3 is 8.72 Å². The van der Waals surface area contributed by atoms with Gasteiger partial charge in [-0.3, -0.25) is 4.57 Å². The summed E-state index contributed by atoms with van der Waals surface area (Å²) in [4.78, 5) is 0. The fraction of sp³-hybridized carbons (Fsp3) is 1.00. The SMILES string of the molecule is CCO[Si](C)(OCC)N1[C@H](C)CCC[C@H]1C. The summed E-state index contributed by atoms with van der Waals surface area (Å²) >= 11 is 0. The molecular formula is C12H27NO2Si. The third kappa shape index (κ3) is 3.06. The van der Waals surface area contributed by atoms with Gasteiger partial charge in [0.2, 0.25) is 0 Å². The van der Waals surface area contributed by atoms with Crippen LogP contribution in [0.2, 0.25) is 6.55 Å². The molecule has 96 valence electrons. The molecule has 1 saturated heterocycles. The molecule has 1 aliphatic heterocycles. The Kier molecular flexibility index (Phi) is 5.44. The minimum atomic E-state index is -2.14. The predicted molar refractivity (Wildman–Crippen MR) is 69.5 cm³/mol. The second-order valence-corrected chi connectivity index (χ2v) is 7.69. The van der Waals surface area contributed by atoms with Crippen LogP contribution in [0.25, 0.3) is 0 Å². The van der Waals surface area contributed by atoms with Crippen molar-refractivity contribution in [2.75, 3.05) is 13.2 Å². The van der Waals surface area contributed by atoms with Crippen LogP contribution in [0.15, 0.2) is 0 Å². The Bertz CT molecular complexity index is 197. The van der Waals surface area contributed by atoms with E-state index < -0.39 is 8.72 Å². The van der Waals surface area contributed by atoms with Crippen LogP contribution >= 0.6 is 0 Å². The third-order valence-corrected chi connectivity index (χ3v) is 6.96. The Balaban J connectivity index is 2.81. The van der Waals surface area contributed by atoms with Gasteiger partial charge < -0.3 is 8.85 Å². The number of hydrogen-bond donors (Lipinski definition) is 0. The van der Waals surface area contributed by atoms with E-state index in [4.69, 9.17) is 8.85 Å². The molecule has 1 aliphatic rings. The third-order valence-electron chi connectivity index (χ3n) is 3.49. The molecule has 16 heavy (non-hydrogen) atoms. The van der Waals surface area contributed by atoms with Gasteiger partial charge in [-0.1, -0.05) is 6.42 Å². The minimum Gasteiger partial charge on any atom is -0.383 e. The minimum absolute atomic E-state index is 0.596. The topological polar surface area (TPSA) is 21.7 Å². The molecule has 0 saturated carbocycles. The van der Waals surface area contributed by atoms with E-state index in [1.54, 1.807) is 0 Å². The molecule has 1 fully saturated rings. The summed E-state index contributed by atoms with van der Waals surface area (Å²) in [5, 5.41) is 0. The number of piperidine rings is 1. The van der Waals surface area contributed by atoms with Gasteiger partial charge in [0.1, 0.15) is 0 Å². The van der Waals surface area contributed by atoms with Crippen LogP contribution in [0.1, 0.15) is 47.0 Å². The summed E-state index contributed by atoms with van der Waals surface area (Å²) in [5.41, 5.74) is 0. The van der Waals surface area contributed by atoms with E-state index in [-0.39, 0.29) is 0 Å². The quantitative estimate of drug-likeness (QED) is 0.695. The first-order valence-corrected chi connectivity index (χ1v) is 8.87. The lowest BCUT2D eigenvalue weighted by atomic mass is 10.0. The predicted octanol–water partition coefficient (Wildman–Crippen LogP) is 2.89. The lowest BCUT2D eigenvalue weighted by molar-refractivity contribution is 0.0703. The zero-order valence-electron chi connectivity index (χ0n) is 11.5. The zero-order chi connectivity index (χ0) is 12.2. The summed E-state index contributed by atoms with van der Waals surface area (Å²) in [7, 11) is -2.14. The van der Waals surface area contributed by atoms with Gasteiger partial charge in [0.05, 0.1) is 0 Å². The molecule has 3 nitrogen and oxygen atoms in total. The monoisotopic (exact) mass is 245 g/mol. The number of rotatable bonds is 5. The molecule has 0 N–H and O–H groups in total. The molecular weight excluding hydrogens is 218 g/mol. The highest BCUT2D eigenvalue weighted by atomic mass is 28.4. The fourth-order valence-corrected chi connectivity index (χ4v) is 6.26. The molecule has 1 rings (SSSR count). The number of hydrogen-bond acceptors (Lipinski definition) is 3. The molecule has 0 aromatic rings. The van der Waals surface area contributed by atoms with E-state index >= 15 is 0 Å². The molecule has 0 radical (unpaired) electrons. The maximum absolute atomic E-state index is 5.99. The van der Waals surface area contributed by atoms with E-state index in [0.717, 1.165) is 13.2 Å². The molecule has 1 heterocycles. The average Bonchev–Trinajstić information content (AvgIpc) is 2.17. The van der Waals surface area contributed by atoms with Gasteiger partial charge in [0.15, 0.2) is 0 Å². The first kappa shape index (κ1) is 14.2. The lowest BCUT2D eigenvalue weighted by Crippen LogP contribution is -2.63. The van der Waals surface area contributed by atoms with Crippen molar-refractivity contribution in [1.29, 1.82) is 0 Å². The maximum atomic E-state index is 5.99. The van der Waals surface area contributed by atoms with Crippen LogP contribution in [0.3, 0.4) is 0 Å². The Morgan fingerprint density at radius 2 is 1.50 bits per heavy atom. The smallest absolute Gasteiger partial charge is 0.383 e. The molecule has 0 spiro atoms. The van der Waals surface area contributed by atoms with E-state index in [2.05, 4.69) is 38.8 Å². The first-order valence-electron chi connectivity index (χ1n) is 6.61. The van der Waals surface area contributed by atoms with Gasteiger partial charge in [-0.2, -0.15) is 0 Å². The van der Waals surface area contributed by atoms with Crippen molar-refractivity contribution < 1.29 is 8.85 Å². The van der Waals surface area contributed by atoms with Crippen LogP contribution in [0, 0.1) is 0 Å². The highest BCUT2D eigenvalue weighted by molar-refractivity contribution is 6.63. The maximum Gasteiger partial charge on any atom is 0.424 e. The van der Waals surface area contributed by atoms with Crippen LogP contribution in [0.5, 0.6) is 0 Å². The molecule has 4 heteroatoms. The van der Waals surface area contributed by atoms with Crippen molar-refractivity contribution in [3.8, 4) is 0 Å². The zero-order valence-corrected chi connectivity index (χ0v) is 12.5. The van der Waals surface area contributed by atoms with Crippen molar-refractivity contribution in [3.05, 3.63) is 0 Å². The highest BCUT2D eigenvalue weighted by Gasteiger charge is 2.45. The van der Waals surface area contributed by atoms with Crippen molar-refractivity contribution in [1.82, 2.24) is 4.57 Å². The van der Waals surface area contributed by atoms with Gasteiger partial charge in [0, 0.05) is 25.3 Å². The van der Waals surface area contributed by atoms with E-state index in [1.807, 2.05) is 0 Å². The standard InChI is InChI=1S/C12H27NO2Si/c1-6-14-16(5,15-7-2)13-11(3)9-8-10-12(13)4/h11-12H,6-10H2,1-5H3/t11-,12-/m1/s1. The fourth-order valence-electron chi connectivity index (χ4n) is 2.95. The molecule has 0 bridgehead atoms. The van der Waals surface area contributed by atoms with E-state index in [0.29, 0.717) is 12.1 Å². The molecule has 0 aromatic carbocycles. The van der Waals surface area contributed by atoms with Gasteiger partial charge in [-0.15, -0.1) is 0 Å². The Morgan fingerprint density at radius 1 is 1.06 bits per heavy atom. The normalized spacial score (nSPS) is 28.3. The highest BCUT2D eigenvalue weighted by Crippen LogP contribution is 2.29. The van der Waals surface area contributed by atoms with Crippen LogP contribution in [0.4, 0.5) is 0 Å². The second kappa shape index (κ2) is 6.14.